The van der Waals surface area contributed by atoms with Gasteiger partial charge in [0.15, 0.2) is 11.2 Å². The van der Waals surface area contributed by atoms with Crippen LogP contribution >= 0.6 is 0 Å². The number of fused-ring (bicyclic) bond motifs is 1. The summed E-state index contributed by atoms with van der Waals surface area (Å²) in [4.78, 5) is 26.6. The summed E-state index contributed by atoms with van der Waals surface area (Å²) >= 11 is 0. The first-order chi connectivity index (χ1) is 11.1. The molecule has 1 aromatic heterocycles. The molecule has 0 unspecified atom stereocenters. The second-order valence-corrected chi connectivity index (χ2v) is 5.76. The van der Waals surface area contributed by atoms with E-state index < -0.39 is 0 Å². The van der Waals surface area contributed by atoms with Gasteiger partial charge in [0.2, 0.25) is 0 Å². The van der Waals surface area contributed by atoms with Crippen molar-refractivity contribution in [1.82, 2.24) is 10.2 Å². The van der Waals surface area contributed by atoms with Gasteiger partial charge in [-0.05, 0) is 19.1 Å². The Kier molecular flexibility index (Phi) is 4.73. The van der Waals surface area contributed by atoms with Crippen molar-refractivity contribution in [2.24, 2.45) is 0 Å². The van der Waals surface area contributed by atoms with Crippen molar-refractivity contribution >= 4 is 16.9 Å². The first kappa shape index (κ1) is 15.7. The third-order valence-electron chi connectivity index (χ3n) is 3.87. The third-order valence-corrected chi connectivity index (χ3v) is 3.87. The quantitative estimate of drug-likeness (QED) is 0.919. The molecule has 6 heteroatoms. The van der Waals surface area contributed by atoms with Gasteiger partial charge in [0.25, 0.3) is 5.91 Å². The molecule has 0 radical (unpaired) electrons. The molecule has 23 heavy (non-hydrogen) atoms. The van der Waals surface area contributed by atoms with E-state index in [1.54, 1.807) is 24.3 Å². The Morgan fingerprint density at radius 3 is 2.83 bits per heavy atom. The molecule has 1 aliphatic heterocycles. The lowest BCUT2D eigenvalue weighted by atomic mass is 10.2. The fraction of sp³-hybridized carbons (Fsp3) is 0.412. The SMILES string of the molecule is C[C@@H](CN1CCOCC1)NC(=O)c1cc(=O)c2ccccc2o1. The zero-order valence-corrected chi connectivity index (χ0v) is 13.1. The summed E-state index contributed by atoms with van der Waals surface area (Å²) < 4.78 is 10.9. The van der Waals surface area contributed by atoms with E-state index in [0.29, 0.717) is 11.0 Å². The predicted molar refractivity (Wildman–Crippen MR) is 86.7 cm³/mol. The van der Waals surface area contributed by atoms with Crippen molar-refractivity contribution < 1.29 is 13.9 Å². The van der Waals surface area contributed by atoms with Crippen LogP contribution in [-0.4, -0.2) is 49.7 Å². The van der Waals surface area contributed by atoms with Crippen molar-refractivity contribution in [3.63, 3.8) is 0 Å². The van der Waals surface area contributed by atoms with Crippen LogP contribution in [0, 0.1) is 0 Å². The van der Waals surface area contributed by atoms with E-state index in [0.717, 1.165) is 32.8 Å². The van der Waals surface area contributed by atoms with E-state index in [1.807, 2.05) is 6.92 Å². The summed E-state index contributed by atoms with van der Waals surface area (Å²) in [6.07, 6.45) is 0. The monoisotopic (exact) mass is 316 g/mol. The number of para-hydroxylation sites is 1. The molecular weight excluding hydrogens is 296 g/mol. The highest BCUT2D eigenvalue weighted by Gasteiger charge is 2.18. The maximum absolute atomic E-state index is 12.3. The van der Waals surface area contributed by atoms with E-state index in [1.165, 1.54) is 6.07 Å². The first-order valence-corrected chi connectivity index (χ1v) is 7.77. The largest absolute Gasteiger partial charge is 0.451 e. The zero-order valence-electron chi connectivity index (χ0n) is 13.1. The predicted octanol–water partition coefficient (Wildman–Crippen LogP) is 1.24. The first-order valence-electron chi connectivity index (χ1n) is 7.77. The van der Waals surface area contributed by atoms with Crippen molar-refractivity contribution in [2.75, 3.05) is 32.8 Å². The third kappa shape index (κ3) is 3.78. The molecule has 1 N–H and O–H groups in total. The Morgan fingerprint density at radius 1 is 1.30 bits per heavy atom. The molecule has 3 rings (SSSR count). The van der Waals surface area contributed by atoms with Crippen LogP contribution < -0.4 is 10.7 Å². The second-order valence-electron chi connectivity index (χ2n) is 5.76. The number of hydrogen-bond donors (Lipinski definition) is 1. The minimum Gasteiger partial charge on any atom is -0.451 e. The molecule has 2 heterocycles. The minimum absolute atomic E-state index is 0.0440. The maximum Gasteiger partial charge on any atom is 0.287 e. The second kappa shape index (κ2) is 6.93. The average Bonchev–Trinajstić information content (AvgIpc) is 2.55. The Labute approximate surface area is 134 Å². The molecule has 0 bridgehead atoms. The number of benzene rings is 1. The molecule has 0 saturated carbocycles. The lowest BCUT2D eigenvalue weighted by Crippen LogP contribution is -2.46. The van der Waals surface area contributed by atoms with Crippen molar-refractivity contribution in [2.45, 2.75) is 13.0 Å². The van der Waals surface area contributed by atoms with E-state index in [-0.39, 0.29) is 23.1 Å². The van der Waals surface area contributed by atoms with Gasteiger partial charge in [-0.2, -0.15) is 0 Å². The Bertz CT molecular complexity index is 750. The molecule has 0 spiro atoms. The lowest BCUT2D eigenvalue weighted by Gasteiger charge is -2.29. The highest BCUT2D eigenvalue weighted by Crippen LogP contribution is 2.11. The molecule has 2 aromatic rings. The number of nitrogens with zero attached hydrogens (tertiary/aromatic N) is 1. The topological polar surface area (TPSA) is 71.8 Å². The Balaban J connectivity index is 1.69. The molecule has 1 fully saturated rings. The Hall–Kier alpha value is -2.18. The molecule has 0 aliphatic carbocycles. The number of ether oxygens (including phenoxy) is 1. The number of amides is 1. The van der Waals surface area contributed by atoms with Gasteiger partial charge < -0.3 is 14.5 Å². The number of rotatable bonds is 4. The van der Waals surface area contributed by atoms with Crippen LogP contribution in [0.3, 0.4) is 0 Å². The van der Waals surface area contributed by atoms with Gasteiger partial charge in [0, 0.05) is 31.7 Å². The van der Waals surface area contributed by atoms with E-state index >= 15 is 0 Å². The average molecular weight is 316 g/mol. The molecule has 1 aromatic carbocycles. The van der Waals surface area contributed by atoms with E-state index in [4.69, 9.17) is 9.15 Å². The standard InChI is InChI=1S/C17H20N2O4/c1-12(11-19-6-8-22-9-7-19)18-17(21)16-10-14(20)13-4-2-3-5-15(13)23-16/h2-5,10,12H,6-9,11H2,1H3,(H,18,21)/t12-/m0/s1. The molecule has 1 atom stereocenters. The number of carbonyl (C=O) groups is 1. The van der Waals surface area contributed by atoms with Crippen LogP contribution in [0.5, 0.6) is 0 Å². The lowest BCUT2D eigenvalue weighted by molar-refractivity contribution is 0.0341. The molecule has 122 valence electrons. The van der Waals surface area contributed by atoms with Gasteiger partial charge in [0.05, 0.1) is 18.6 Å². The summed E-state index contributed by atoms with van der Waals surface area (Å²) in [5.41, 5.74) is 0.212. The van der Waals surface area contributed by atoms with Crippen LogP contribution in [0.2, 0.25) is 0 Å². The highest BCUT2D eigenvalue weighted by atomic mass is 16.5. The van der Waals surface area contributed by atoms with Gasteiger partial charge in [0.1, 0.15) is 5.58 Å². The fourth-order valence-electron chi connectivity index (χ4n) is 2.73. The molecule has 1 amide bonds. The van der Waals surface area contributed by atoms with Crippen LogP contribution in [0.1, 0.15) is 17.5 Å². The summed E-state index contributed by atoms with van der Waals surface area (Å²) in [6, 6.07) is 8.11. The molecule has 1 saturated heterocycles. The van der Waals surface area contributed by atoms with Crippen LogP contribution in [0.25, 0.3) is 11.0 Å². The van der Waals surface area contributed by atoms with Crippen molar-refractivity contribution in [3.8, 4) is 0 Å². The zero-order chi connectivity index (χ0) is 16.2. The molecule has 1 aliphatic rings. The van der Waals surface area contributed by atoms with Gasteiger partial charge in [-0.3, -0.25) is 14.5 Å². The van der Waals surface area contributed by atoms with Crippen molar-refractivity contribution in [1.29, 1.82) is 0 Å². The van der Waals surface area contributed by atoms with Crippen LogP contribution in [-0.2, 0) is 4.74 Å². The van der Waals surface area contributed by atoms with Gasteiger partial charge in [-0.25, -0.2) is 0 Å². The smallest absolute Gasteiger partial charge is 0.287 e. The molecule has 6 nitrogen and oxygen atoms in total. The maximum atomic E-state index is 12.3. The Morgan fingerprint density at radius 2 is 2.04 bits per heavy atom. The van der Waals surface area contributed by atoms with E-state index in [2.05, 4.69) is 10.2 Å². The highest BCUT2D eigenvalue weighted by molar-refractivity contribution is 5.93. The summed E-state index contributed by atoms with van der Waals surface area (Å²) in [7, 11) is 0. The summed E-state index contributed by atoms with van der Waals surface area (Å²) in [5, 5.41) is 3.36. The van der Waals surface area contributed by atoms with Gasteiger partial charge >= 0.3 is 0 Å². The minimum atomic E-state index is -0.367. The number of morpholine rings is 1. The fourth-order valence-corrected chi connectivity index (χ4v) is 2.73. The molecular formula is C17H20N2O4. The van der Waals surface area contributed by atoms with Gasteiger partial charge in [-0.1, -0.05) is 12.1 Å². The summed E-state index contributed by atoms with van der Waals surface area (Å²) in [6.45, 7) is 5.86. The number of nitrogens with one attached hydrogen (secondary N) is 1. The van der Waals surface area contributed by atoms with E-state index in [9.17, 15) is 9.59 Å². The number of hydrogen-bond acceptors (Lipinski definition) is 5. The van der Waals surface area contributed by atoms with Crippen molar-refractivity contribution in [3.05, 3.63) is 46.3 Å². The van der Waals surface area contributed by atoms with Crippen LogP contribution in [0.15, 0.2) is 39.5 Å². The normalized spacial score (nSPS) is 17.1. The van der Waals surface area contributed by atoms with Gasteiger partial charge in [-0.15, -0.1) is 0 Å². The van der Waals surface area contributed by atoms with Crippen LogP contribution in [0.4, 0.5) is 0 Å². The number of carbonyl (C=O) groups excluding carboxylic acids is 1. The summed E-state index contributed by atoms with van der Waals surface area (Å²) in [5.74, 6) is -0.323.